The minimum absolute atomic E-state index is 0.0252. The van der Waals surface area contributed by atoms with E-state index in [1.165, 1.54) is 0 Å². The SMILES string of the molecule is O=S1(=O)CCC(Nc2cc(C(F)(F)F)cc(Cl)n2)C1. The highest BCUT2D eigenvalue weighted by Gasteiger charge is 2.32. The predicted octanol–water partition coefficient (Wildman–Crippen LogP) is 2.35. The average molecular weight is 315 g/mol. The molecule has 106 valence electrons. The number of hydrogen-bond acceptors (Lipinski definition) is 4. The van der Waals surface area contributed by atoms with Crippen LogP contribution in [0, 0.1) is 0 Å². The largest absolute Gasteiger partial charge is 0.416 e. The lowest BCUT2D eigenvalue weighted by Gasteiger charge is -2.14. The number of rotatable bonds is 2. The summed E-state index contributed by atoms with van der Waals surface area (Å²) in [5.41, 5.74) is -0.921. The summed E-state index contributed by atoms with van der Waals surface area (Å²) in [5.74, 6) is -0.151. The monoisotopic (exact) mass is 314 g/mol. The molecule has 1 unspecified atom stereocenters. The van der Waals surface area contributed by atoms with Crippen molar-refractivity contribution in [2.45, 2.75) is 18.6 Å². The van der Waals surface area contributed by atoms with Gasteiger partial charge in [-0.15, -0.1) is 0 Å². The number of sulfone groups is 1. The van der Waals surface area contributed by atoms with Gasteiger partial charge in [-0.25, -0.2) is 13.4 Å². The molecule has 1 aromatic rings. The molecule has 1 fully saturated rings. The Hall–Kier alpha value is -1.02. The Kier molecular flexibility index (Phi) is 3.65. The second-order valence-corrected chi connectivity index (χ2v) is 6.92. The molecule has 0 amide bonds. The molecule has 0 aromatic carbocycles. The summed E-state index contributed by atoms with van der Waals surface area (Å²) < 4.78 is 60.2. The molecule has 1 aliphatic heterocycles. The van der Waals surface area contributed by atoms with E-state index in [4.69, 9.17) is 11.6 Å². The number of aromatic nitrogens is 1. The second-order valence-electron chi connectivity index (χ2n) is 4.31. The van der Waals surface area contributed by atoms with Gasteiger partial charge in [0, 0.05) is 6.04 Å². The Morgan fingerprint density at radius 1 is 1.37 bits per heavy atom. The van der Waals surface area contributed by atoms with Crippen molar-refractivity contribution in [3.63, 3.8) is 0 Å². The molecule has 0 bridgehead atoms. The van der Waals surface area contributed by atoms with Gasteiger partial charge in [0.05, 0.1) is 17.1 Å². The fourth-order valence-electron chi connectivity index (χ4n) is 1.85. The molecule has 0 radical (unpaired) electrons. The number of hydrogen-bond donors (Lipinski definition) is 1. The molecule has 1 aromatic heterocycles. The molecule has 4 nitrogen and oxygen atoms in total. The van der Waals surface area contributed by atoms with Crippen LogP contribution in [0.5, 0.6) is 0 Å². The van der Waals surface area contributed by atoms with Gasteiger partial charge in [0.2, 0.25) is 0 Å². The van der Waals surface area contributed by atoms with E-state index >= 15 is 0 Å². The quantitative estimate of drug-likeness (QED) is 0.851. The van der Waals surface area contributed by atoms with Crippen molar-refractivity contribution in [2.24, 2.45) is 0 Å². The maximum atomic E-state index is 12.6. The lowest BCUT2D eigenvalue weighted by atomic mass is 10.2. The zero-order valence-corrected chi connectivity index (χ0v) is 11.1. The fraction of sp³-hybridized carbons (Fsp3) is 0.500. The first-order chi connectivity index (χ1) is 8.66. The topological polar surface area (TPSA) is 59.1 Å². The summed E-state index contributed by atoms with van der Waals surface area (Å²) in [7, 11) is -3.11. The lowest BCUT2D eigenvalue weighted by Crippen LogP contribution is -2.21. The number of anilines is 1. The van der Waals surface area contributed by atoms with Crippen molar-refractivity contribution in [1.29, 1.82) is 0 Å². The third-order valence-corrected chi connectivity index (χ3v) is 4.67. The maximum Gasteiger partial charge on any atom is 0.416 e. The Bertz CT molecular complexity index is 589. The smallest absolute Gasteiger partial charge is 0.366 e. The molecule has 1 saturated heterocycles. The summed E-state index contributed by atoms with van der Waals surface area (Å²) >= 11 is 5.53. The average Bonchev–Trinajstić information content (AvgIpc) is 2.55. The van der Waals surface area contributed by atoms with Crippen molar-refractivity contribution in [2.75, 3.05) is 16.8 Å². The number of nitrogens with one attached hydrogen (secondary N) is 1. The molecule has 0 aliphatic carbocycles. The number of halogens is 4. The van der Waals surface area contributed by atoms with Gasteiger partial charge in [0.15, 0.2) is 9.84 Å². The third kappa shape index (κ3) is 3.73. The molecule has 9 heteroatoms. The van der Waals surface area contributed by atoms with E-state index < -0.39 is 27.6 Å². The van der Waals surface area contributed by atoms with E-state index in [2.05, 4.69) is 10.3 Å². The van der Waals surface area contributed by atoms with Crippen LogP contribution < -0.4 is 5.32 Å². The van der Waals surface area contributed by atoms with E-state index in [1.807, 2.05) is 0 Å². The highest BCUT2D eigenvalue weighted by molar-refractivity contribution is 7.91. The van der Waals surface area contributed by atoms with Crippen molar-refractivity contribution < 1.29 is 21.6 Å². The molecule has 2 rings (SSSR count). The van der Waals surface area contributed by atoms with Gasteiger partial charge in [-0.1, -0.05) is 11.6 Å². The third-order valence-electron chi connectivity index (χ3n) is 2.71. The Balaban J connectivity index is 2.20. The predicted molar refractivity (Wildman–Crippen MR) is 64.9 cm³/mol. The first-order valence-corrected chi connectivity index (χ1v) is 7.57. The summed E-state index contributed by atoms with van der Waals surface area (Å²) in [6, 6.07) is 1.10. The minimum Gasteiger partial charge on any atom is -0.366 e. The molecular weight excluding hydrogens is 305 g/mol. The summed E-state index contributed by atoms with van der Waals surface area (Å²) in [5, 5.41) is 2.38. The Morgan fingerprint density at radius 2 is 2.05 bits per heavy atom. The standard InChI is InChI=1S/C10H10ClF3N2O2S/c11-8-3-6(10(12,13)14)4-9(16-8)15-7-1-2-19(17,18)5-7/h3-4,7H,1-2,5H2,(H,15,16). The van der Waals surface area contributed by atoms with Gasteiger partial charge < -0.3 is 5.32 Å². The zero-order valence-electron chi connectivity index (χ0n) is 9.54. The van der Waals surface area contributed by atoms with Crippen molar-refractivity contribution in [1.82, 2.24) is 4.98 Å². The van der Waals surface area contributed by atoms with Gasteiger partial charge >= 0.3 is 6.18 Å². The summed E-state index contributed by atoms with van der Waals surface area (Å²) in [6.45, 7) is 0. The van der Waals surface area contributed by atoms with Crippen LogP contribution in [0.4, 0.5) is 19.0 Å². The normalized spacial score (nSPS) is 22.4. The molecule has 0 spiro atoms. The molecule has 19 heavy (non-hydrogen) atoms. The van der Waals surface area contributed by atoms with E-state index in [0.29, 0.717) is 6.42 Å². The lowest BCUT2D eigenvalue weighted by molar-refractivity contribution is -0.137. The molecule has 2 heterocycles. The second kappa shape index (κ2) is 4.82. The molecular formula is C10H10ClF3N2O2S. The van der Waals surface area contributed by atoms with Gasteiger partial charge in [0.25, 0.3) is 0 Å². The summed E-state index contributed by atoms with van der Waals surface area (Å²) in [4.78, 5) is 3.72. The van der Waals surface area contributed by atoms with E-state index in [9.17, 15) is 21.6 Å². The van der Waals surface area contributed by atoms with Crippen molar-refractivity contribution in [3.05, 3.63) is 22.8 Å². The number of alkyl halides is 3. The first kappa shape index (κ1) is 14.4. The molecule has 1 aliphatic rings. The van der Waals surface area contributed by atoms with E-state index in [0.717, 1.165) is 12.1 Å². The highest BCUT2D eigenvalue weighted by Crippen LogP contribution is 2.32. The number of nitrogens with zero attached hydrogens (tertiary/aromatic N) is 1. The van der Waals surface area contributed by atoms with Gasteiger partial charge in [-0.3, -0.25) is 0 Å². The highest BCUT2D eigenvalue weighted by atomic mass is 35.5. The van der Waals surface area contributed by atoms with Crippen LogP contribution in [-0.4, -0.2) is 30.9 Å². The van der Waals surface area contributed by atoms with Crippen LogP contribution in [0.15, 0.2) is 12.1 Å². The maximum absolute atomic E-state index is 12.6. The van der Waals surface area contributed by atoms with E-state index in [1.54, 1.807) is 0 Å². The summed E-state index contributed by atoms with van der Waals surface area (Å²) in [6.07, 6.45) is -4.18. The van der Waals surface area contributed by atoms with Crippen LogP contribution in [0.2, 0.25) is 5.15 Å². The van der Waals surface area contributed by atoms with Crippen LogP contribution in [0.3, 0.4) is 0 Å². The first-order valence-electron chi connectivity index (χ1n) is 5.37. The Labute approximate surface area is 112 Å². The van der Waals surface area contributed by atoms with Crippen molar-refractivity contribution >= 4 is 27.3 Å². The fourth-order valence-corrected chi connectivity index (χ4v) is 3.73. The number of pyridine rings is 1. The van der Waals surface area contributed by atoms with Crippen LogP contribution >= 0.6 is 11.6 Å². The minimum atomic E-state index is -4.52. The Morgan fingerprint density at radius 3 is 2.58 bits per heavy atom. The van der Waals surface area contributed by atoms with Gasteiger partial charge in [0.1, 0.15) is 11.0 Å². The van der Waals surface area contributed by atoms with Gasteiger partial charge in [-0.2, -0.15) is 13.2 Å². The molecule has 1 N–H and O–H groups in total. The van der Waals surface area contributed by atoms with Gasteiger partial charge in [-0.05, 0) is 18.6 Å². The van der Waals surface area contributed by atoms with E-state index in [-0.39, 0.29) is 22.5 Å². The molecule has 1 atom stereocenters. The van der Waals surface area contributed by atoms with Crippen LogP contribution in [0.1, 0.15) is 12.0 Å². The van der Waals surface area contributed by atoms with Crippen molar-refractivity contribution in [3.8, 4) is 0 Å². The van der Waals surface area contributed by atoms with Crippen LogP contribution in [0.25, 0.3) is 0 Å². The zero-order chi connectivity index (χ0) is 14.3. The molecule has 0 saturated carbocycles. The van der Waals surface area contributed by atoms with Crippen LogP contribution in [-0.2, 0) is 16.0 Å².